The molecule has 0 fully saturated rings. The maximum atomic E-state index is 11.6. The van der Waals surface area contributed by atoms with Crippen molar-refractivity contribution in [2.24, 2.45) is 0 Å². The molecule has 4 heteroatoms. The van der Waals surface area contributed by atoms with Gasteiger partial charge in [-0.3, -0.25) is 9.18 Å². The summed E-state index contributed by atoms with van der Waals surface area (Å²) in [5.74, 6) is -0.510. The molecule has 0 aliphatic heterocycles. The van der Waals surface area contributed by atoms with Crippen LogP contribution in [0.3, 0.4) is 0 Å². The van der Waals surface area contributed by atoms with Crippen molar-refractivity contribution >= 4 is 5.97 Å². The van der Waals surface area contributed by atoms with Crippen molar-refractivity contribution in [2.75, 3.05) is 19.9 Å². The second-order valence-corrected chi connectivity index (χ2v) is 2.39. The second-order valence-electron chi connectivity index (χ2n) is 2.39. The zero-order valence-corrected chi connectivity index (χ0v) is 7.51. The van der Waals surface area contributed by atoms with Crippen molar-refractivity contribution in [3.63, 3.8) is 0 Å². The molecule has 0 aromatic rings. The topological polar surface area (TPSA) is 35.5 Å². The highest BCUT2D eigenvalue weighted by Gasteiger charge is 2.05. The third-order valence-corrected chi connectivity index (χ3v) is 1.23. The normalized spacial score (nSPS) is 12.6. The third kappa shape index (κ3) is 6.09. The predicted octanol–water partition coefficient (Wildman–Crippen LogP) is 1.31. The first kappa shape index (κ1) is 11.4. The average Bonchev–Trinajstić information content (AvgIpc) is 2.02. The van der Waals surface area contributed by atoms with Crippen molar-refractivity contribution < 1.29 is 18.7 Å². The fourth-order valence-electron chi connectivity index (χ4n) is 0.692. The van der Waals surface area contributed by atoms with E-state index in [1.165, 1.54) is 0 Å². The van der Waals surface area contributed by atoms with Crippen LogP contribution in [0.4, 0.5) is 4.39 Å². The Labute approximate surface area is 71.8 Å². The summed E-state index contributed by atoms with van der Waals surface area (Å²) < 4.78 is 21.4. The highest BCUT2D eigenvalue weighted by atomic mass is 19.1. The lowest BCUT2D eigenvalue weighted by Crippen LogP contribution is -2.19. The Morgan fingerprint density at radius 1 is 1.58 bits per heavy atom. The van der Waals surface area contributed by atoms with Crippen LogP contribution in [0.2, 0.25) is 0 Å². The molecule has 0 saturated heterocycles. The third-order valence-electron chi connectivity index (χ3n) is 1.23. The van der Waals surface area contributed by atoms with Gasteiger partial charge in [-0.15, -0.1) is 0 Å². The summed E-state index contributed by atoms with van der Waals surface area (Å²) in [6.45, 7) is 3.78. The van der Waals surface area contributed by atoms with E-state index in [9.17, 15) is 9.18 Å². The monoisotopic (exact) mass is 178 g/mol. The Bertz CT molecular complexity index is 127. The van der Waals surface area contributed by atoms with E-state index in [1.807, 2.05) is 6.92 Å². The van der Waals surface area contributed by atoms with Gasteiger partial charge < -0.3 is 9.47 Å². The van der Waals surface area contributed by atoms with E-state index in [0.717, 1.165) is 0 Å². The highest BCUT2D eigenvalue weighted by Crippen LogP contribution is 1.94. The Kier molecular flexibility index (Phi) is 6.66. The van der Waals surface area contributed by atoms with Crippen molar-refractivity contribution in [2.45, 2.75) is 26.4 Å². The first-order valence-corrected chi connectivity index (χ1v) is 4.03. The van der Waals surface area contributed by atoms with Crippen LogP contribution in [-0.2, 0) is 14.3 Å². The summed E-state index contributed by atoms with van der Waals surface area (Å²) in [7, 11) is 0. The van der Waals surface area contributed by atoms with Gasteiger partial charge in [0.25, 0.3) is 0 Å². The van der Waals surface area contributed by atoms with Gasteiger partial charge >= 0.3 is 5.97 Å². The fourth-order valence-corrected chi connectivity index (χ4v) is 0.692. The van der Waals surface area contributed by atoms with E-state index in [-0.39, 0.29) is 19.1 Å². The number of ether oxygens (including phenoxy) is 2. The lowest BCUT2D eigenvalue weighted by atomic mass is 10.4. The quantitative estimate of drug-likeness (QED) is 0.575. The minimum Gasteiger partial charge on any atom is -0.463 e. The van der Waals surface area contributed by atoms with Crippen LogP contribution in [0, 0.1) is 0 Å². The molecule has 0 spiro atoms. The van der Waals surface area contributed by atoms with Crippen LogP contribution in [0.15, 0.2) is 0 Å². The number of rotatable bonds is 6. The van der Waals surface area contributed by atoms with Gasteiger partial charge in [-0.25, -0.2) is 0 Å². The number of hydrogen-bond donors (Lipinski definition) is 0. The molecule has 0 amide bonds. The van der Waals surface area contributed by atoms with Gasteiger partial charge in [0.15, 0.2) is 0 Å². The van der Waals surface area contributed by atoms with Crippen molar-refractivity contribution in [1.82, 2.24) is 0 Å². The molecule has 1 unspecified atom stereocenters. The maximum Gasteiger partial charge on any atom is 0.308 e. The van der Waals surface area contributed by atoms with Crippen molar-refractivity contribution in [3.8, 4) is 0 Å². The zero-order valence-electron chi connectivity index (χ0n) is 7.51. The molecule has 72 valence electrons. The van der Waals surface area contributed by atoms with Crippen molar-refractivity contribution in [3.05, 3.63) is 0 Å². The lowest BCUT2D eigenvalue weighted by molar-refractivity contribution is -0.147. The molecule has 0 radical (unpaired) electrons. The van der Waals surface area contributed by atoms with Crippen LogP contribution in [0.5, 0.6) is 0 Å². The largest absolute Gasteiger partial charge is 0.463 e. The van der Waals surface area contributed by atoms with Gasteiger partial charge in [0, 0.05) is 6.61 Å². The molecule has 0 bridgehead atoms. The van der Waals surface area contributed by atoms with Crippen LogP contribution >= 0.6 is 0 Å². The molecule has 0 heterocycles. The summed E-state index contributed by atoms with van der Waals surface area (Å²) >= 11 is 0. The SMILES string of the molecule is CCOC(C)COC(=O)CCF. The van der Waals surface area contributed by atoms with Gasteiger partial charge in [0.05, 0.1) is 19.2 Å². The standard InChI is InChI=1S/C8H15FO3/c1-3-11-7(2)6-12-8(10)4-5-9/h7H,3-6H2,1-2H3. The molecule has 0 aliphatic rings. The number of halogens is 1. The van der Waals surface area contributed by atoms with Gasteiger partial charge in [-0.05, 0) is 13.8 Å². The fraction of sp³-hybridized carbons (Fsp3) is 0.875. The molecule has 1 atom stereocenters. The number of esters is 1. The Hall–Kier alpha value is -0.640. The Morgan fingerprint density at radius 2 is 2.25 bits per heavy atom. The van der Waals surface area contributed by atoms with E-state index >= 15 is 0 Å². The van der Waals surface area contributed by atoms with E-state index in [2.05, 4.69) is 0 Å². The molecule has 0 aliphatic carbocycles. The molecule has 12 heavy (non-hydrogen) atoms. The molecule has 0 saturated carbocycles. The van der Waals surface area contributed by atoms with Gasteiger partial charge in [-0.1, -0.05) is 0 Å². The molecule has 0 rings (SSSR count). The van der Waals surface area contributed by atoms with Crippen LogP contribution in [0.25, 0.3) is 0 Å². The Balaban J connectivity index is 3.33. The van der Waals surface area contributed by atoms with Gasteiger partial charge in [0.1, 0.15) is 6.61 Å². The summed E-state index contributed by atoms with van der Waals surface area (Å²) in [4.78, 5) is 10.6. The first-order chi connectivity index (χ1) is 5.70. The molecular weight excluding hydrogens is 163 g/mol. The molecule has 0 aromatic carbocycles. The minimum atomic E-state index is -0.665. The average molecular weight is 178 g/mol. The summed E-state index contributed by atoms with van der Waals surface area (Å²) in [5.41, 5.74) is 0. The van der Waals surface area contributed by atoms with Crippen molar-refractivity contribution in [1.29, 1.82) is 0 Å². The van der Waals surface area contributed by atoms with E-state index < -0.39 is 12.6 Å². The molecule has 0 N–H and O–H groups in total. The smallest absolute Gasteiger partial charge is 0.308 e. The summed E-state index contributed by atoms with van der Waals surface area (Å²) in [6.07, 6.45) is -0.280. The van der Waals surface area contributed by atoms with Crippen LogP contribution in [-0.4, -0.2) is 32.0 Å². The second kappa shape index (κ2) is 7.03. The summed E-state index contributed by atoms with van der Waals surface area (Å²) in [5, 5.41) is 0. The van der Waals surface area contributed by atoms with E-state index in [0.29, 0.717) is 6.61 Å². The van der Waals surface area contributed by atoms with E-state index in [4.69, 9.17) is 9.47 Å². The lowest BCUT2D eigenvalue weighted by Gasteiger charge is -2.11. The molecular formula is C8H15FO3. The van der Waals surface area contributed by atoms with Gasteiger partial charge in [-0.2, -0.15) is 0 Å². The number of carbonyl (C=O) groups excluding carboxylic acids is 1. The highest BCUT2D eigenvalue weighted by molar-refractivity contribution is 5.69. The zero-order chi connectivity index (χ0) is 9.40. The number of alkyl halides is 1. The first-order valence-electron chi connectivity index (χ1n) is 4.03. The molecule has 0 aromatic heterocycles. The number of hydrogen-bond acceptors (Lipinski definition) is 3. The van der Waals surface area contributed by atoms with E-state index in [1.54, 1.807) is 6.92 Å². The predicted molar refractivity (Wildman–Crippen MR) is 42.6 cm³/mol. The Morgan fingerprint density at radius 3 is 2.75 bits per heavy atom. The van der Waals surface area contributed by atoms with Gasteiger partial charge in [0.2, 0.25) is 0 Å². The minimum absolute atomic E-state index is 0.112. The number of carbonyl (C=O) groups is 1. The summed E-state index contributed by atoms with van der Waals surface area (Å²) in [6, 6.07) is 0. The molecule has 3 nitrogen and oxygen atoms in total. The van der Waals surface area contributed by atoms with Crippen LogP contribution in [0.1, 0.15) is 20.3 Å². The maximum absolute atomic E-state index is 11.6. The van der Waals surface area contributed by atoms with Crippen LogP contribution < -0.4 is 0 Å².